The molecule has 0 heterocycles. The van der Waals surface area contributed by atoms with Gasteiger partial charge < -0.3 is 14.8 Å². The number of amides is 1. The monoisotopic (exact) mass is 494 g/mol. The maximum Gasteiger partial charge on any atom is 0.348 e. The predicted octanol–water partition coefficient (Wildman–Crippen LogP) is 4.89. The lowest BCUT2D eigenvalue weighted by molar-refractivity contribution is -0.148. The molecule has 1 N–H and O–H groups in total. The van der Waals surface area contributed by atoms with E-state index in [1.165, 1.54) is 19.4 Å². The molecule has 4 rings (SSSR count). The van der Waals surface area contributed by atoms with Crippen molar-refractivity contribution in [1.82, 2.24) is 5.32 Å². The summed E-state index contributed by atoms with van der Waals surface area (Å²) in [5, 5.41) is 12.7. The van der Waals surface area contributed by atoms with Gasteiger partial charge in [0.1, 0.15) is 17.7 Å². The van der Waals surface area contributed by atoms with Gasteiger partial charge in [0, 0.05) is 31.4 Å². The summed E-state index contributed by atoms with van der Waals surface area (Å²) < 4.78 is 10.6. The molecular weight excluding hydrogens is 456 g/mol. The summed E-state index contributed by atoms with van der Waals surface area (Å²) >= 11 is 0. The fourth-order valence-corrected chi connectivity index (χ4v) is 7.73. The van der Waals surface area contributed by atoms with Gasteiger partial charge in [-0.25, -0.2) is 4.79 Å². The van der Waals surface area contributed by atoms with E-state index in [1.54, 1.807) is 13.0 Å². The van der Waals surface area contributed by atoms with E-state index in [-0.39, 0.29) is 41.0 Å². The first-order valence-electron chi connectivity index (χ1n) is 13.2. The van der Waals surface area contributed by atoms with Crippen molar-refractivity contribution in [2.24, 2.45) is 28.6 Å². The lowest BCUT2D eigenvalue weighted by atomic mass is 9.47. The highest BCUT2D eigenvalue weighted by Gasteiger charge is 2.58. The molecule has 0 aromatic heterocycles. The van der Waals surface area contributed by atoms with Crippen LogP contribution in [0.4, 0.5) is 0 Å². The highest BCUT2D eigenvalue weighted by atomic mass is 16.5. The van der Waals surface area contributed by atoms with E-state index in [2.05, 4.69) is 25.2 Å². The second kappa shape index (κ2) is 9.88. The van der Waals surface area contributed by atoms with Gasteiger partial charge >= 0.3 is 11.9 Å². The zero-order valence-corrected chi connectivity index (χ0v) is 22.1. The van der Waals surface area contributed by atoms with Gasteiger partial charge in [-0.05, 0) is 80.3 Å². The molecular formula is C29H38N2O5. The number of allylic oxidation sites excluding steroid dienone is 4. The molecule has 0 bridgehead atoms. The Labute approximate surface area is 214 Å². The van der Waals surface area contributed by atoms with Gasteiger partial charge in [0.05, 0.1) is 6.61 Å². The number of rotatable bonds is 5. The van der Waals surface area contributed by atoms with Crippen molar-refractivity contribution in [3.63, 3.8) is 0 Å². The lowest BCUT2D eigenvalue weighted by Crippen LogP contribution is -2.51. The van der Waals surface area contributed by atoms with Crippen molar-refractivity contribution in [3.8, 4) is 6.07 Å². The maximum atomic E-state index is 12.3. The summed E-state index contributed by atoms with van der Waals surface area (Å²) in [4.78, 5) is 36.1. The number of hydrogen-bond donors (Lipinski definition) is 1. The Balaban J connectivity index is 1.66. The fourth-order valence-electron chi connectivity index (χ4n) is 7.73. The van der Waals surface area contributed by atoms with Crippen LogP contribution in [0.3, 0.4) is 0 Å². The number of ether oxygens (including phenoxy) is 2. The van der Waals surface area contributed by atoms with Crippen molar-refractivity contribution in [2.75, 3.05) is 6.61 Å². The molecule has 36 heavy (non-hydrogen) atoms. The van der Waals surface area contributed by atoms with Gasteiger partial charge in [-0.3, -0.25) is 9.59 Å². The van der Waals surface area contributed by atoms with E-state index in [0.717, 1.165) is 49.8 Å². The average Bonchev–Trinajstić information content (AvgIpc) is 3.08. The summed E-state index contributed by atoms with van der Waals surface area (Å²) in [7, 11) is 0. The van der Waals surface area contributed by atoms with E-state index in [1.807, 2.05) is 6.07 Å². The third-order valence-electron chi connectivity index (χ3n) is 9.35. The second-order valence-corrected chi connectivity index (χ2v) is 11.4. The zero-order chi connectivity index (χ0) is 26.3. The first-order chi connectivity index (χ1) is 17.0. The molecule has 0 spiro atoms. The van der Waals surface area contributed by atoms with Gasteiger partial charge in [-0.2, -0.15) is 5.26 Å². The Hall–Kier alpha value is -2.88. The number of nitrogens with zero attached hydrogens (tertiary/aromatic N) is 1. The van der Waals surface area contributed by atoms with Crippen LogP contribution in [0.5, 0.6) is 0 Å². The first-order valence-corrected chi connectivity index (χ1v) is 13.2. The predicted molar refractivity (Wildman–Crippen MR) is 134 cm³/mol. The highest BCUT2D eigenvalue weighted by Crippen LogP contribution is 2.65. The average molecular weight is 495 g/mol. The number of fused-ring (bicyclic) bond motifs is 5. The molecule has 2 saturated carbocycles. The maximum absolute atomic E-state index is 12.3. The van der Waals surface area contributed by atoms with Crippen LogP contribution in [0.1, 0.15) is 79.6 Å². The SMILES string of the molecule is CCOC(=O)/C(C#N)=C/C1=C(NC(C)=O)[C@@]2(C)CC[C@H]3[C@@H](CC=C4C[C@@H](OC(C)=O)CC[C@@]43C)[C@@H]2C1. The van der Waals surface area contributed by atoms with Crippen molar-refractivity contribution in [2.45, 2.75) is 85.7 Å². The molecule has 6 atom stereocenters. The number of nitriles is 1. The van der Waals surface area contributed by atoms with Crippen LogP contribution < -0.4 is 5.32 Å². The molecule has 1 amide bonds. The molecule has 4 aliphatic carbocycles. The summed E-state index contributed by atoms with van der Waals surface area (Å²) in [5.74, 6) is 0.258. The molecule has 194 valence electrons. The number of nitrogens with one attached hydrogen (secondary N) is 1. The van der Waals surface area contributed by atoms with Gasteiger partial charge in [-0.15, -0.1) is 0 Å². The first kappa shape index (κ1) is 26.2. The third kappa shape index (κ3) is 4.51. The van der Waals surface area contributed by atoms with Gasteiger partial charge in [0.15, 0.2) is 0 Å². The molecule has 0 aromatic rings. The summed E-state index contributed by atoms with van der Waals surface area (Å²) in [6.45, 7) is 9.51. The van der Waals surface area contributed by atoms with Crippen molar-refractivity contribution >= 4 is 17.8 Å². The Morgan fingerprint density at radius 3 is 2.50 bits per heavy atom. The largest absolute Gasteiger partial charge is 0.462 e. The fraction of sp³-hybridized carbons (Fsp3) is 0.655. The van der Waals surface area contributed by atoms with Crippen LogP contribution in [-0.2, 0) is 23.9 Å². The van der Waals surface area contributed by atoms with Crippen molar-refractivity contribution in [1.29, 1.82) is 5.26 Å². The van der Waals surface area contributed by atoms with E-state index in [0.29, 0.717) is 24.2 Å². The number of carbonyl (C=O) groups is 3. The molecule has 7 heteroatoms. The second-order valence-electron chi connectivity index (χ2n) is 11.4. The summed E-state index contributed by atoms with van der Waals surface area (Å²) in [6.07, 6.45) is 10.3. The Morgan fingerprint density at radius 1 is 1.14 bits per heavy atom. The minimum Gasteiger partial charge on any atom is -0.462 e. The smallest absolute Gasteiger partial charge is 0.348 e. The quantitative estimate of drug-likeness (QED) is 0.252. The zero-order valence-electron chi connectivity index (χ0n) is 22.1. The molecule has 0 aliphatic heterocycles. The molecule has 0 unspecified atom stereocenters. The third-order valence-corrected chi connectivity index (χ3v) is 9.35. The highest BCUT2D eigenvalue weighted by molar-refractivity contribution is 5.93. The van der Waals surface area contributed by atoms with E-state index >= 15 is 0 Å². The summed E-state index contributed by atoms with van der Waals surface area (Å²) in [5.41, 5.74) is 2.96. The van der Waals surface area contributed by atoms with Crippen LogP contribution >= 0.6 is 0 Å². The van der Waals surface area contributed by atoms with Crippen LogP contribution in [0.15, 0.2) is 34.6 Å². The van der Waals surface area contributed by atoms with Crippen molar-refractivity contribution < 1.29 is 23.9 Å². The van der Waals surface area contributed by atoms with Gasteiger partial charge in [-0.1, -0.05) is 25.5 Å². The Kier molecular flexibility index (Phi) is 7.19. The van der Waals surface area contributed by atoms with E-state index in [4.69, 9.17) is 9.47 Å². The Bertz CT molecular complexity index is 1100. The normalized spacial score (nSPS) is 35.4. The van der Waals surface area contributed by atoms with Crippen LogP contribution in [0.25, 0.3) is 0 Å². The van der Waals surface area contributed by atoms with Crippen LogP contribution in [0.2, 0.25) is 0 Å². The molecule has 7 nitrogen and oxygen atoms in total. The van der Waals surface area contributed by atoms with Crippen LogP contribution in [-0.4, -0.2) is 30.6 Å². The molecule has 4 aliphatic rings. The minimum absolute atomic E-state index is 0.0317. The summed E-state index contributed by atoms with van der Waals surface area (Å²) in [6, 6.07) is 1.99. The van der Waals surface area contributed by atoms with Crippen molar-refractivity contribution in [3.05, 3.63) is 34.6 Å². The van der Waals surface area contributed by atoms with Gasteiger partial charge in [0.25, 0.3) is 0 Å². The number of esters is 2. The van der Waals surface area contributed by atoms with Crippen LogP contribution in [0, 0.1) is 39.9 Å². The van der Waals surface area contributed by atoms with E-state index in [9.17, 15) is 19.6 Å². The lowest BCUT2D eigenvalue weighted by Gasteiger charge is -2.57. The minimum atomic E-state index is -0.630. The number of carbonyl (C=O) groups excluding carboxylic acids is 3. The standard InChI is InChI=1S/C29H38N2O5/c1-6-35-27(34)20(16-30)13-19-14-25-23-8-7-21-15-22(36-18(3)33)9-11-28(21,4)24(23)10-12-29(25,5)26(19)31-17(2)32/h7,13,22-25H,6,8-12,14-15H2,1-5H3,(H,31,32)/b20-13+/t22-,23+,24-,25-,28-,29-/m0/s1. The van der Waals surface area contributed by atoms with E-state index < -0.39 is 5.97 Å². The molecule has 0 aromatic carbocycles. The molecule has 2 fully saturated rings. The molecule has 0 saturated heterocycles. The topological polar surface area (TPSA) is 105 Å². The van der Waals surface area contributed by atoms with Gasteiger partial charge in [0.2, 0.25) is 5.91 Å². The Morgan fingerprint density at radius 2 is 1.86 bits per heavy atom. The number of hydrogen-bond acceptors (Lipinski definition) is 6. The molecule has 0 radical (unpaired) electrons.